The minimum atomic E-state index is 0.000604. The Hall–Kier alpha value is -3.27. The minimum Gasteiger partial charge on any atom is -0.355 e. The molecular weight excluding hydrogens is 412 g/mol. The van der Waals surface area contributed by atoms with Gasteiger partial charge in [0.2, 0.25) is 11.9 Å². The highest BCUT2D eigenvalue weighted by Crippen LogP contribution is 2.29. The first-order valence-corrected chi connectivity index (χ1v) is 11.4. The van der Waals surface area contributed by atoms with Gasteiger partial charge in [-0.3, -0.25) is 4.79 Å². The molecule has 1 N–H and O–H groups in total. The molecule has 0 aliphatic carbocycles. The molecule has 9 nitrogen and oxygen atoms in total. The number of anilines is 2. The number of imidazole rings is 1. The number of hydrogen-bond acceptors (Lipinski definition) is 8. The van der Waals surface area contributed by atoms with Crippen LogP contribution in [-0.2, 0) is 11.3 Å². The average Bonchev–Trinajstić information content (AvgIpc) is 3.53. The van der Waals surface area contributed by atoms with Crippen molar-refractivity contribution in [3.05, 3.63) is 35.6 Å². The standard InChI is InChI=1S/C21H22N8OS/c30-16-11-28(10-7-22-16)21-25-19(27-8-3-4-9-27)18-20(26-21)29(13-23-18)12-17-24-14-5-1-2-6-15(14)31-17/h1-2,5-6,13H,3-4,7-12H2,(H,22,30). The third kappa shape index (κ3) is 3.36. The first-order chi connectivity index (χ1) is 15.2. The maximum atomic E-state index is 12.0. The summed E-state index contributed by atoms with van der Waals surface area (Å²) in [7, 11) is 0. The van der Waals surface area contributed by atoms with E-state index in [9.17, 15) is 4.79 Å². The van der Waals surface area contributed by atoms with Crippen LogP contribution in [-0.4, -0.2) is 63.1 Å². The molecule has 0 unspecified atom stereocenters. The van der Waals surface area contributed by atoms with Gasteiger partial charge >= 0.3 is 0 Å². The van der Waals surface area contributed by atoms with Crippen LogP contribution in [0.15, 0.2) is 30.6 Å². The van der Waals surface area contributed by atoms with Crippen LogP contribution in [0.25, 0.3) is 21.4 Å². The predicted molar refractivity (Wildman–Crippen MR) is 121 cm³/mol. The van der Waals surface area contributed by atoms with E-state index >= 15 is 0 Å². The highest BCUT2D eigenvalue weighted by atomic mass is 32.1. The zero-order chi connectivity index (χ0) is 20.8. The monoisotopic (exact) mass is 434 g/mol. The lowest BCUT2D eigenvalue weighted by molar-refractivity contribution is -0.120. The fraction of sp³-hybridized carbons (Fsp3) is 0.381. The molecule has 0 radical (unpaired) electrons. The lowest BCUT2D eigenvalue weighted by Gasteiger charge is -2.27. The first-order valence-electron chi connectivity index (χ1n) is 10.6. The minimum absolute atomic E-state index is 0.000604. The number of aromatic nitrogens is 5. The maximum absolute atomic E-state index is 12.0. The van der Waals surface area contributed by atoms with Crippen LogP contribution in [0, 0.1) is 0 Å². The highest BCUT2D eigenvalue weighted by molar-refractivity contribution is 7.18. The number of para-hydroxylation sites is 1. The average molecular weight is 435 g/mol. The Bertz CT molecular complexity index is 1240. The van der Waals surface area contributed by atoms with E-state index in [0.29, 0.717) is 25.6 Å². The molecule has 0 atom stereocenters. The van der Waals surface area contributed by atoms with Gasteiger partial charge in [0.25, 0.3) is 0 Å². The SMILES string of the molecule is O=C1CN(c2nc(N3CCCC3)c3ncn(Cc4nc5ccccc5s4)c3n2)CCN1. The Morgan fingerprint density at radius 2 is 1.90 bits per heavy atom. The number of fused-ring (bicyclic) bond motifs is 2. The van der Waals surface area contributed by atoms with E-state index in [4.69, 9.17) is 15.0 Å². The number of nitrogens with zero attached hydrogens (tertiary/aromatic N) is 7. The molecule has 158 valence electrons. The second-order valence-corrected chi connectivity index (χ2v) is 9.05. The summed E-state index contributed by atoms with van der Waals surface area (Å²) in [6.45, 7) is 4.11. The van der Waals surface area contributed by atoms with Crippen molar-refractivity contribution >= 4 is 50.4 Å². The summed E-state index contributed by atoms with van der Waals surface area (Å²) in [6.07, 6.45) is 4.14. The molecule has 2 saturated heterocycles. The van der Waals surface area contributed by atoms with E-state index in [0.717, 1.165) is 53.4 Å². The quantitative estimate of drug-likeness (QED) is 0.525. The van der Waals surface area contributed by atoms with Gasteiger partial charge in [0.05, 0.1) is 29.6 Å². The number of nitrogens with one attached hydrogen (secondary N) is 1. The van der Waals surface area contributed by atoms with Crippen LogP contribution >= 0.6 is 11.3 Å². The van der Waals surface area contributed by atoms with Gasteiger partial charge in [-0.1, -0.05) is 12.1 Å². The summed E-state index contributed by atoms with van der Waals surface area (Å²) in [5.74, 6) is 1.46. The van der Waals surface area contributed by atoms with E-state index in [1.165, 1.54) is 4.70 Å². The van der Waals surface area contributed by atoms with Gasteiger partial charge < -0.3 is 19.7 Å². The molecule has 31 heavy (non-hydrogen) atoms. The summed E-state index contributed by atoms with van der Waals surface area (Å²) in [5.41, 5.74) is 2.62. The van der Waals surface area contributed by atoms with Gasteiger partial charge in [-0.05, 0) is 25.0 Å². The Morgan fingerprint density at radius 1 is 1.03 bits per heavy atom. The fourth-order valence-electron chi connectivity index (χ4n) is 4.27. The van der Waals surface area contributed by atoms with E-state index in [1.54, 1.807) is 11.3 Å². The molecule has 10 heteroatoms. The van der Waals surface area contributed by atoms with Crippen molar-refractivity contribution in [3.63, 3.8) is 0 Å². The number of rotatable bonds is 4. The Balaban J connectivity index is 1.43. The summed E-state index contributed by atoms with van der Waals surface area (Å²) in [4.78, 5) is 35.4. The molecule has 0 bridgehead atoms. The van der Waals surface area contributed by atoms with Crippen molar-refractivity contribution in [1.29, 1.82) is 0 Å². The van der Waals surface area contributed by atoms with Crippen LogP contribution in [0.5, 0.6) is 0 Å². The van der Waals surface area contributed by atoms with Gasteiger partial charge in [0.15, 0.2) is 17.0 Å². The number of amides is 1. The lowest BCUT2D eigenvalue weighted by Crippen LogP contribution is -2.48. The van der Waals surface area contributed by atoms with Crippen molar-refractivity contribution in [1.82, 2.24) is 29.8 Å². The third-order valence-corrected chi connectivity index (χ3v) is 6.83. The number of benzene rings is 1. The molecule has 4 aromatic rings. The lowest BCUT2D eigenvalue weighted by atomic mass is 10.3. The number of carbonyl (C=O) groups excluding carboxylic acids is 1. The summed E-state index contributed by atoms with van der Waals surface area (Å²) in [6, 6.07) is 8.17. The van der Waals surface area contributed by atoms with E-state index in [1.807, 2.05) is 34.0 Å². The Kier molecular flexibility index (Phi) is 4.45. The van der Waals surface area contributed by atoms with E-state index in [2.05, 4.69) is 21.3 Å². The maximum Gasteiger partial charge on any atom is 0.239 e. The topological polar surface area (TPSA) is 92.1 Å². The van der Waals surface area contributed by atoms with E-state index < -0.39 is 0 Å². The molecular formula is C21H22N8OS. The van der Waals surface area contributed by atoms with Crippen LogP contribution in [0.2, 0.25) is 0 Å². The molecule has 2 fully saturated rings. The smallest absolute Gasteiger partial charge is 0.239 e. The Morgan fingerprint density at radius 3 is 2.74 bits per heavy atom. The molecule has 2 aliphatic heterocycles. The van der Waals surface area contributed by atoms with Gasteiger partial charge in [0.1, 0.15) is 5.01 Å². The third-order valence-electron chi connectivity index (χ3n) is 5.80. The van der Waals surface area contributed by atoms with Crippen LogP contribution < -0.4 is 15.1 Å². The van der Waals surface area contributed by atoms with Crippen LogP contribution in [0.1, 0.15) is 17.8 Å². The number of hydrogen-bond donors (Lipinski definition) is 1. The van der Waals surface area contributed by atoms with Crippen LogP contribution in [0.3, 0.4) is 0 Å². The second-order valence-electron chi connectivity index (χ2n) is 7.93. The zero-order valence-corrected chi connectivity index (χ0v) is 17.8. The molecule has 1 aromatic carbocycles. The second kappa shape index (κ2) is 7.45. The van der Waals surface area contributed by atoms with Gasteiger partial charge in [-0.15, -0.1) is 11.3 Å². The van der Waals surface area contributed by atoms with Crippen molar-refractivity contribution in [3.8, 4) is 0 Å². The Labute approximate surface area is 182 Å². The zero-order valence-electron chi connectivity index (χ0n) is 17.0. The molecule has 0 spiro atoms. The van der Waals surface area contributed by atoms with Gasteiger partial charge in [-0.25, -0.2) is 9.97 Å². The normalized spacial score (nSPS) is 17.1. The number of thiazole rings is 1. The van der Waals surface area contributed by atoms with Crippen molar-refractivity contribution < 1.29 is 4.79 Å². The fourth-order valence-corrected chi connectivity index (χ4v) is 5.23. The molecule has 0 saturated carbocycles. The summed E-state index contributed by atoms with van der Waals surface area (Å²) >= 11 is 1.69. The molecule has 3 aromatic heterocycles. The largest absolute Gasteiger partial charge is 0.355 e. The predicted octanol–water partition coefficient (Wildman–Crippen LogP) is 2.02. The number of piperazine rings is 1. The highest BCUT2D eigenvalue weighted by Gasteiger charge is 2.25. The first kappa shape index (κ1) is 18.5. The molecule has 5 heterocycles. The summed E-state index contributed by atoms with van der Waals surface area (Å²) in [5, 5.41) is 3.88. The van der Waals surface area contributed by atoms with Crippen LogP contribution in [0.4, 0.5) is 11.8 Å². The van der Waals surface area contributed by atoms with E-state index in [-0.39, 0.29) is 12.5 Å². The summed E-state index contributed by atoms with van der Waals surface area (Å²) < 4.78 is 3.22. The van der Waals surface area contributed by atoms with Gasteiger partial charge in [-0.2, -0.15) is 9.97 Å². The molecule has 1 amide bonds. The van der Waals surface area contributed by atoms with Crippen molar-refractivity contribution in [2.75, 3.05) is 42.5 Å². The number of carbonyl (C=O) groups is 1. The van der Waals surface area contributed by atoms with Crippen molar-refractivity contribution in [2.45, 2.75) is 19.4 Å². The van der Waals surface area contributed by atoms with Gasteiger partial charge in [0, 0.05) is 26.2 Å². The molecule has 6 rings (SSSR count). The van der Waals surface area contributed by atoms with Crippen molar-refractivity contribution in [2.24, 2.45) is 0 Å². The molecule has 2 aliphatic rings.